The Balaban J connectivity index is 2.29. The van der Waals surface area contributed by atoms with Crippen LogP contribution in [0.4, 0.5) is 11.4 Å². The van der Waals surface area contributed by atoms with Gasteiger partial charge in [-0.05, 0) is 57.0 Å². The minimum atomic E-state index is -3.79. The molecule has 0 bridgehead atoms. The van der Waals surface area contributed by atoms with Gasteiger partial charge in [-0.25, -0.2) is 8.42 Å². The fraction of sp³-hybridized carbons (Fsp3) is 0.190. The molecule has 0 saturated carbocycles. The first-order chi connectivity index (χ1) is 12.7. The van der Waals surface area contributed by atoms with Gasteiger partial charge in [0.05, 0.1) is 10.6 Å². The van der Waals surface area contributed by atoms with Crippen LogP contribution in [0.2, 0.25) is 0 Å². The quantitative estimate of drug-likeness (QED) is 0.569. The molecule has 0 saturated heterocycles. The summed E-state index contributed by atoms with van der Waals surface area (Å²) in [6.07, 6.45) is 6.53. The van der Waals surface area contributed by atoms with E-state index in [4.69, 9.17) is 0 Å². The first-order valence-corrected chi connectivity index (χ1v) is 10.0. The average Bonchev–Trinajstić information content (AvgIpc) is 2.59. The second-order valence-electron chi connectivity index (χ2n) is 6.28. The van der Waals surface area contributed by atoms with Crippen molar-refractivity contribution in [3.63, 3.8) is 0 Å². The summed E-state index contributed by atoms with van der Waals surface area (Å²) in [5.74, 6) is -0.331. The average molecular weight is 385 g/mol. The number of allylic oxidation sites excluding steroid dienone is 3. The zero-order valence-corrected chi connectivity index (χ0v) is 16.7. The summed E-state index contributed by atoms with van der Waals surface area (Å²) in [5.41, 5.74) is 3.44. The van der Waals surface area contributed by atoms with Crippen molar-refractivity contribution in [2.75, 3.05) is 10.0 Å². The van der Waals surface area contributed by atoms with E-state index in [1.165, 1.54) is 12.1 Å². The highest BCUT2D eigenvalue weighted by molar-refractivity contribution is 7.92. The van der Waals surface area contributed by atoms with Crippen LogP contribution in [0.15, 0.2) is 65.6 Å². The van der Waals surface area contributed by atoms with Gasteiger partial charge in [0.25, 0.3) is 10.0 Å². The predicted octanol–water partition coefficient (Wildman–Crippen LogP) is 4.48. The highest BCUT2D eigenvalue weighted by atomic mass is 32.2. The highest BCUT2D eigenvalue weighted by Crippen LogP contribution is 2.25. The van der Waals surface area contributed by atoms with Crippen LogP contribution in [-0.2, 0) is 14.8 Å². The second kappa shape index (κ2) is 8.68. The van der Waals surface area contributed by atoms with Crippen molar-refractivity contribution >= 4 is 27.3 Å². The zero-order chi connectivity index (χ0) is 20.0. The van der Waals surface area contributed by atoms with E-state index >= 15 is 0 Å². The maximum atomic E-state index is 12.9. The van der Waals surface area contributed by atoms with E-state index in [1.807, 2.05) is 32.9 Å². The number of amides is 1. The van der Waals surface area contributed by atoms with Gasteiger partial charge in [-0.2, -0.15) is 0 Å². The van der Waals surface area contributed by atoms with E-state index in [0.717, 1.165) is 11.1 Å². The molecule has 142 valence electrons. The molecule has 2 rings (SSSR count). The Hall–Kier alpha value is -2.86. The third kappa shape index (κ3) is 5.56. The van der Waals surface area contributed by atoms with Crippen LogP contribution in [0, 0.1) is 20.8 Å². The van der Waals surface area contributed by atoms with E-state index in [-0.39, 0.29) is 10.8 Å². The molecule has 0 aromatic heterocycles. The van der Waals surface area contributed by atoms with Gasteiger partial charge in [0, 0.05) is 11.8 Å². The molecule has 0 spiro atoms. The third-order valence-electron chi connectivity index (χ3n) is 3.92. The first kappa shape index (κ1) is 20.5. The summed E-state index contributed by atoms with van der Waals surface area (Å²) in [4.78, 5) is 12.0. The molecule has 0 aliphatic rings. The lowest BCUT2D eigenvalue weighted by Crippen LogP contribution is -2.16. The summed E-state index contributed by atoms with van der Waals surface area (Å²) < 4.78 is 28.4. The summed E-state index contributed by atoms with van der Waals surface area (Å²) in [5, 5.41) is 2.67. The van der Waals surface area contributed by atoms with E-state index in [1.54, 1.807) is 43.4 Å². The van der Waals surface area contributed by atoms with Crippen LogP contribution in [-0.4, -0.2) is 14.3 Å². The molecule has 2 aromatic carbocycles. The molecule has 1 amide bonds. The summed E-state index contributed by atoms with van der Waals surface area (Å²) in [7, 11) is -3.79. The lowest BCUT2D eigenvalue weighted by Gasteiger charge is -2.14. The van der Waals surface area contributed by atoms with Crippen LogP contribution in [0.3, 0.4) is 0 Å². The van der Waals surface area contributed by atoms with Crippen molar-refractivity contribution in [2.45, 2.75) is 32.6 Å². The molecule has 2 aromatic rings. The lowest BCUT2D eigenvalue weighted by molar-refractivity contribution is -0.111. The minimum absolute atomic E-state index is 0.123. The molecule has 27 heavy (non-hydrogen) atoms. The third-order valence-corrected chi connectivity index (χ3v) is 5.43. The van der Waals surface area contributed by atoms with Crippen molar-refractivity contribution in [1.29, 1.82) is 0 Å². The van der Waals surface area contributed by atoms with Gasteiger partial charge >= 0.3 is 0 Å². The van der Waals surface area contributed by atoms with Crippen LogP contribution in [0.1, 0.15) is 23.6 Å². The van der Waals surface area contributed by atoms with Gasteiger partial charge in [-0.3, -0.25) is 9.52 Å². The Morgan fingerprint density at radius 1 is 0.963 bits per heavy atom. The normalized spacial score (nSPS) is 11.9. The van der Waals surface area contributed by atoms with Crippen LogP contribution in [0.5, 0.6) is 0 Å². The number of anilines is 2. The number of carbonyl (C=O) groups is 1. The molecule has 0 unspecified atom stereocenters. The number of nitrogens with one attached hydrogen (secondary N) is 2. The highest BCUT2D eigenvalue weighted by Gasteiger charge is 2.19. The molecule has 2 N–H and O–H groups in total. The smallest absolute Gasteiger partial charge is 0.262 e. The topological polar surface area (TPSA) is 75.3 Å². The first-order valence-electron chi connectivity index (χ1n) is 8.54. The maximum absolute atomic E-state index is 12.9. The standard InChI is InChI=1S/C21H24N2O3S/c1-5-6-7-8-21(24)22-18-11-10-16(3)20(14-18)27(25,26)23-19-12-9-15(2)13-17(19)4/h5-14,23H,1-4H3,(H,22,24)/b6-5+,8-7+. The van der Waals surface area contributed by atoms with Gasteiger partial charge in [0.2, 0.25) is 5.91 Å². The van der Waals surface area contributed by atoms with Gasteiger partial charge in [0.15, 0.2) is 0 Å². The van der Waals surface area contributed by atoms with Gasteiger partial charge in [-0.15, -0.1) is 0 Å². The second-order valence-corrected chi connectivity index (χ2v) is 7.93. The van der Waals surface area contributed by atoms with E-state index in [0.29, 0.717) is 16.9 Å². The van der Waals surface area contributed by atoms with E-state index in [9.17, 15) is 13.2 Å². The summed E-state index contributed by atoms with van der Waals surface area (Å²) in [6.45, 7) is 7.37. The van der Waals surface area contributed by atoms with Crippen LogP contribution >= 0.6 is 0 Å². The summed E-state index contributed by atoms with van der Waals surface area (Å²) >= 11 is 0. The molecular weight excluding hydrogens is 360 g/mol. The zero-order valence-electron chi connectivity index (χ0n) is 15.9. The van der Waals surface area contributed by atoms with Crippen LogP contribution < -0.4 is 10.0 Å². The van der Waals surface area contributed by atoms with Crippen molar-refractivity contribution < 1.29 is 13.2 Å². The molecule has 0 heterocycles. The summed E-state index contributed by atoms with van der Waals surface area (Å²) in [6, 6.07) is 10.3. The van der Waals surface area contributed by atoms with Crippen molar-refractivity contribution in [1.82, 2.24) is 0 Å². The largest absolute Gasteiger partial charge is 0.322 e. The fourth-order valence-corrected chi connectivity index (χ4v) is 3.94. The number of aryl methyl sites for hydroxylation is 3. The Labute approximate surface area is 160 Å². The SMILES string of the molecule is C/C=C/C=C/C(=O)Nc1ccc(C)c(S(=O)(=O)Nc2ccc(C)cc2C)c1. The number of carbonyl (C=O) groups excluding carboxylic acids is 1. The Bertz CT molecular complexity index is 1010. The number of sulfonamides is 1. The Kier molecular flexibility index (Phi) is 6.58. The van der Waals surface area contributed by atoms with Crippen molar-refractivity contribution in [3.8, 4) is 0 Å². The van der Waals surface area contributed by atoms with Crippen molar-refractivity contribution in [3.05, 3.63) is 77.4 Å². The Morgan fingerprint density at radius 3 is 2.37 bits per heavy atom. The van der Waals surface area contributed by atoms with Gasteiger partial charge in [-0.1, -0.05) is 42.0 Å². The van der Waals surface area contributed by atoms with Gasteiger partial charge < -0.3 is 5.32 Å². The molecule has 0 fully saturated rings. The Morgan fingerprint density at radius 2 is 1.70 bits per heavy atom. The predicted molar refractivity (Wildman–Crippen MR) is 110 cm³/mol. The van der Waals surface area contributed by atoms with Crippen molar-refractivity contribution in [2.24, 2.45) is 0 Å². The maximum Gasteiger partial charge on any atom is 0.262 e. The number of hydrogen-bond acceptors (Lipinski definition) is 3. The molecule has 0 radical (unpaired) electrons. The molecule has 5 nitrogen and oxygen atoms in total. The minimum Gasteiger partial charge on any atom is -0.322 e. The monoisotopic (exact) mass is 384 g/mol. The molecule has 0 aliphatic carbocycles. The number of hydrogen-bond donors (Lipinski definition) is 2. The van der Waals surface area contributed by atoms with E-state index < -0.39 is 10.0 Å². The van der Waals surface area contributed by atoms with E-state index in [2.05, 4.69) is 10.0 Å². The number of benzene rings is 2. The lowest BCUT2D eigenvalue weighted by atomic mass is 10.1. The van der Waals surface area contributed by atoms with Crippen LogP contribution in [0.25, 0.3) is 0 Å². The molecule has 6 heteroatoms. The fourth-order valence-electron chi connectivity index (χ4n) is 2.53. The molecular formula is C21H24N2O3S. The van der Waals surface area contributed by atoms with Gasteiger partial charge in [0.1, 0.15) is 0 Å². The molecule has 0 atom stereocenters. The number of rotatable bonds is 6. The molecule has 0 aliphatic heterocycles.